The van der Waals surface area contributed by atoms with Crippen LogP contribution in [0, 0.1) is 0 Å². The maximum atomic E-state index is 5.62. The molecule has 0 bridgehead atoms. The highest BCUT2D eigenvalue weighted by atomic mass is 15.0. The maximum Gasteiger partial charge on any atom is 0.159 e. The summed E-state index contributed by atoms with van der Waals surface area (Å²) in [6.45, 7) is 1.37. The molecule has 1 saturated carbocycles. The van der Waals surface area contributed by atoms with Crippen molar-refractivity contribution in [2.45, 2.75) is 38.0 Å². The number of benzene rings is 1. The van der Waals surface area contributed by atoms with E-state index in [0.717, 1.165) is 23.6 Å². The van der Waals surface area contributed by atoms with Crippen LogP contribution < -0.4 is 11.1 Å². The zero-order valence-electron chi connectivity index (χ0n) is 13.0. The van der Waals surface area contributed by atoms with E-state index >= 15 is 0 Å². The second-order valence-corrected chi connectivity index (χ2v) is 5.91. The van der Waals surface area contributed by atoms with E-state index in [-0.39, 0.29) is 0 Å². The standard InChI is InChI=1S/C18H24N4/c19-11-12-20-16-13-21-18(15-9-5-2-6-10-15)22-17(16)14-7-3-1-4-8-14/h2,5-6,9-10,13-14,20H,1,3-4,7-8,11-12,19H2. The number of anilines is 1. The summed E-state index contributed by atoms with van der Waals surface area (Å²) in [6.07, 6.45) is 8.32. The first-order valence-electron chi connectivity index (χ1n) is 8.25. The van der Waals surface area contributed by atoms with E-state index < -0.39 is 0 Å². The van der Waals surface area contributed by atoms with E-state index in [1.54, 1.807) is 0 Å². The number of nitrogens with two attached hydrogens (primary N) is 1. The topological polar surface area (TPSA) is 63.8 Å². The SMILES string of the molecule is NCCNc1cnc(-c2ccccc2)nc1C1CCCCC1. The Morgan fingerprint density at radius 3 is 2.59 bits per heavy atom. The molecular formula is C18H24N4. The first-order valence-corrected chi connectivity index (χ1v) is 8.25. The van der Waals surface area contributed by atoms with Crippen molar-refractivity contribution in [1.29, 1.82) is 0 Å². The number of hydrogen-bond acceptors (Lipinski definition) is 4. The van der Waals surface area contributed by atoms with Gasteiger partial charge >= 0.3 is 0 Å². The first kappa shape index (κ1) is 15.0. The normalized spacial score (nSPS) is 15.7. The summed E-state index contributed by atoms with van der Waals surface area (Å²) in [7, 11) is 0. The maximum absolute atomic E-state index is 5.62. The summed E-state index contributed by atoms with van der Waals surface area (Å²) in [5, 5.41) is 3.39. The molecule has 1 aliphatic rings. The molecule has 0 spiro atoms. The van der Waals surface area contributed by atoms with Gasteiger partial charge in [0.1, 0.15) is 0 Å². The third-order valence-corrected chi connectivity index (χ3v) is 4.30. The molecule has 0 radical (unpaired) electrons. The molecule has 4 heteroatoms. The highest BCUT2D eigenvalue weighted by molar-refractivity contribution is 5.58. The second kappa shape index (κ2) is 7.36. The molecule has 2 aromatic rings. The number of aromatic nitrogens is 2. The van der Waals surface area contributed by atoms with Crippen molar-refractivity contribution in [2.75, 3.05) is 18.4 Å². The quantitative estimate of drug-likeness (QED) is 0.885. The van der Waals surface area contributed by atoms with Crippen LogP contribution in [0.5, 0.6) is 0 Å². The third kappa shape index (κ3) is 3.45. The number of nitrogens with one attached hydrogen (secondary N) is 1. The molecule has 3 N–H and O–H groups in total. The van der Waals surface area contributed by atoms with Gasteiger partial charge in [0.2, 0.25) is 0 Å². The van der Waals surface area contributed by atoms with Crippen molar-refractivity contribution in [1.82, 2.24) is 9.97 Å². The molecule has 4 nitrogen and oxygen atoms in total. The van der Waals surface area contributed by atoms with Gasteiger partial charge < -0.3 is 11.1 Å². The molecule has 1 aromatic heterocycles. The second-order valence-electron chi connectivity index (χ2n) is 5.91. The Balaban J connectivity index is 1.94. The Kier molecular flexibility index (Phi) is 5.01. The van der Waals surface area contributed by atoms with Gasteiger partial charge in [-0.2, -0.15) is 0 Å². The average Bonchev–Trinajstić information content (AvgIpc) is 2.61. The van der Waals surface area contributed by atoms with Crippen molar-refractivity contribution in [3.8, 4) is 11.4 Å². The highest BCUT2D eigenvalue weighted by Crippen LogP contribution is 2.35. The van der Waals surface area contributed by atoms with E-state index in [1.165, 1.54) is 37.8 Å². The molecule has 1 fully saturated rings. The Labute approximate surface area is 132 Å². The van der Waals surface area contributed by atoms with Crippen molar-refractivity contribution in [3.63, 3.8) is 0 Å². The minimum atomic E-state index is 0.541. The fourth-order valence-electron chi connectivity index (χ4n) is 3.15. The fraction of sp³-hybridized carbons (Fsp3) is 0.444. The lowest BCUT2D eigenvalue weighted by atomic mass is 9.86. The lowest BCUT2D eigenvalue weighted by Gasteiger charge is -2.24. The van der Waals surface area contributed by atoms with Crippen LogP contribution in [0.2, 0.25) is 0 Å². The van der Waals surface area contributed by atoms with Gasteiger partial charge in [-0.05, 0) is 12.8 Å². The van der Waals surface area contributed by atoms with Gasteiger partial charge in [-0.15, -0.1) is 0 Å². The van der Waals surface area contributed by atoms with Gasteiger partial charge in [-0.1, -0.05) is 49.6 Å². The van der Waals surface area contributed by atoms with Gasteiger partial charge in [-0.25, -0.2) is 9.97 Å². The fourth-order valence-corrected chi connectivity index (χ4v) is 3.15. The van der Waals surface area contributed by atoms with Crippen LogP contribution in [0.15, 0.2) is 36.5 Å². The minimum absolute atomic E-state index is 0.541. The number of hydrogen-bond donors (Lipinski definition) is 2. The Bertz CT molecular complexity index is 591. The van der Waals surface area contributed by atoms with E-state index in [2.05, 4.69) is 22.4 Å². The van der Waals surface area contributed by atoms with Crippen molar-refractivity contribution >= 4 is 5.69 Å². The minimum Gasteiger partial charge on any atom is -0.381 e. The molecule has 1 aromatic carbocycles. The Morgan fingerprint density at radius 2 is 1.86 bits per heavy atom. The van der Waals surface area contributed by atoms with Crippen molar-refractivity contribution < 1.29 is 0 Å². The predicted molar refractivity (Wildman–Crippen MR) is 90.8 cm³/mol. The van der Waals surface area contributed by atoms with E-state index in [9.17, 15) is 0 Å². The van der Waals surface area contributed by atoms with Crippen molar-refractivity contribution in [3.05, 3.63) is 42.2 Å². The molecule has 22 heavy (non-hydrogen) atoms. The van der Waals surface area contributed by atoms with Crippen LogP contribution >= 0.6 is 0 Å². The van der Waals surface area contributed by atoms with E-state index in [1.807, 2.05) is 24.4 Å². The van der Waals surface area contributed by atoms with Crippen LogP contribution in [0.4, 0.5) is 5.69 Å². The van der Waals surface area contributed by atoms with Crippen LogP contribution in [0.1, 0.15) is 43.7 Å². The zero-order valence-corrected chi connectivity index (χ0v) is 13.0. The lowest BCUT2D eigenvalue weighted by molar-refractivity contribution is 0.437. The predicted octanol–water partition coefficient (Wildman–Crippen LogP) is 3.56. The summed E-state index contributed by atoms with van der Waals surface area (Å²) in [6, 6.07) is 10.2. The number of rotatable bonds is 5. The summed E-state index contributed by atoms with van der Waals surface area (Å²) < 4.78 is 0. The molecule has 0 amide bonds. The molecule has 116 valence electrons. The molecule has 0 atom stereocenters. The molecule has 0 saturated heterocycles. The van der Waals surface area contributed by atoms with Gasteiger partial charge in [0.15, 0.2) is 5.82 Å². The zero-order chi connectivity index (χ0) is 15.2. The molecular weight excluding hydrogens is 272 g/mol. The lowest BCUT2D eigenvalue weighted by Crippen LogP contribution is -2.17. The summed E-state index contributed by atoms with van der Waals surface area (Å²) in [5.41, 5.74) is 8.92. The van der Waals surface area contributed by atoms with Crippen LogP contribution in [-0.4, -0.2) is 23.1 Å². The summed E-state index contributed by atoms with van der Waals surface area (Å²) in [4.78, 5) is 9.45. The van der Waals surface area contributed by atoms with Gasteiger partial charge in [-0.3, -0.25) is 0 Å². The molecule has 1 aliphatic carbocycles. The van der Waals surface area contributed by atoms with E-state index in [4.69, 9.17) is 10.7 Å². The van der Waals surface area contributed by atoms with Gasteiger partial charge in [0.25, 0.3) is 0 Å². The Hall–Kier alpha value is -1.94. The first-order chi connectivity index (χ1) is 10.9. The average molecular weight is 296 g/mol. The third-order valence-electron chi connectivity index (χ3n) is 4.30. The van der Waals surface area contributed by atoms with Crippen LogP contribution in [0.3, 0.4) is 0 Å². The largest absolute Gasteiger partial charge is 0.381 e. The number of nitrogens with zero attached hydrogens (tertiary/aromatic N) is 2. The Morgan fingerprint density at radius 1 is 1.09 bits per heavy atom. The van der Waals surface area contributed by atoms with Crippen molar-refractivity contribution in [2.24, 2.45) is 5.73 Å². The summed E-state index contributed by atoms with van der Waals surface area (Å²) >= 11 is 0. The van der Waals surface area contributed by atoms with Gasteiger partial charge in [0.05, 0.1) is 17.6 Å². The monoisotopic (exact) mass is 296 g/mol. The highest BCUT2D eigenvalue weighted by Gasteiger charge is 2.21. The molecule has 0 aliphatic heterocycles. The molecule has 1 heterocycles. The van der Waals surface area contributed by atoms with Crippen LogP contribution in [0.25, 0.3) is 11.4 Å². The molecule has 0 unspecified atom stereocenters. The molecule has 3 rings (SSSR count). The van der Waals surface area contributed by atoms with Gasteiger partial charge in [0, 0.05) is 24.6 Å². The summed E-state index contributed by atoms with van der Waals surface area (Å²) in [5.74, 6) is 1.36. The van der Waals surface area contributed by atoms with Crippen LogP contribution in [-0.2, 0) is 0 Å². The van der Waals surface area contributed by atoms with E-state index in [0.29, 0.717) is 12.5 Å². The smallest absolute Gasteiger partial charge is 0.159 e.